The Morgan fingerprint density at radius 1 is 0.857 bits per heavy atom. The molecule has 0 bridgehead atoms. The number of amides is 1. The molecule has 5 rings (SSSR count). The molecule has 35 heavy (non-hydrogen) atoms. The van der Waals surface area contributed by atoms with Gasteiger partial charge in [0.1, 0.15) is 5.69 Å². The van der Waals surface area contributed by atoms with E-state index >= 15 is 0 Å². The summed E-state index contributed by atoms with van der Waals surface area (Å²) in [5, 5.41) is 23.5. The van der Waals surface area contributed by atoms with Crippen molar-refractivity contribution in [2.75, 3.05) is 5.32 Å². The molecule has 0 spiro atoms. The second-order valence-electron chi connectivity index (χ2n) is 7.91. The van der Waals surface area contributed by atoms with E-state index in [0.717, 1.165) is 0 Å². The van der Waals surface area contributed by atoms with E-state index in [2.05, 4.69) is 25.5 Å². The van der Waals surface area contributed by atoms with E-state index in [1.807, 2.05) is 6.07 Å². The zero-order valence-electron chi connectivity index (χ0n) is 18.5. The summed E-state index contributed by atoms with van der Waals surface area (Å²) in [6.45, 7) is 1.44. The number of phenols is 1. The maximum atomic E-state index is 13.1. The molecule has 5 aromatic rings. The molecule has 0 atom stereocenters. The van der Waals surface area contributed by atoms with Crippen molar-refractivity contribution < 1.29 is 14.7 Å². The summed E-state index contributed by atoms with van der Waals surface area (Å²) < 4.78 is 0. The van der Waals surface area contributed by atoms with E-state index in [0.29, 0.717) is 38.7 Å². The number of phenolic OH excluding ortho intramolecular Hbond substituents is 1. The molecule has 4 N–H and O–H groups in total. The first kappa shape index (κ1) is 21.8. The first-order valence-corrected chi connectivity index (χ1v) is 10.7. The monoisotopic (exact) mass is 465 g/mol. The molecule has 0 radical (unpaired) electrons. The first-order valence-electron chi connectivity index (χ1n) is 10.7. The van der Waals surface area contributed by atoms with Crippen molar-refractivity contribution in [2.24, 2.45) is 10.2 Å². The van der Waals surface area contributed by atoms with Gasteiger partial charge in [0.15, 0.2) is 11.5 Å². The van der Waals surface area contributed by atoms with Crippen LogP contribution in [-0.4, -0.2) is 26.8 Å². The lowest BCUT2D eigenvalue weighted by atomic mass is 10.0. The van der Waals surface area contributed by atoms with Crippen molar-refractivity contribution >= 4 is 50.6 Å². The number of aromatic nitrogens is 2. The van der Waals surface area contributed by atoms with Gasteiger partial charge in [0.2, 0.25) is 0 Å². The van der Waals surface area contributed by atoms with E-state index in [9.17, 15) is 19.5 Å². The van der Waals surface area contributed by atoms with Gasteiger partial charge < -0.3 is 20.4 Å². The fraction of sp³-hybridized carbons (Fsp3) is 0.0385. The van der Waals surface area contributed by atoms with Crippen molar-refractivity contribution in [2.45, 2.75) is 6.92 Å². The Hall–Kier alpha value is -5.05. The molecule has 4 aromatic carbocycles. The van der Waals surface area contributed by atoms with Crippen molar-refractivity contribution in [3.8, 4) is 5.75 Å². The predicted molar refractivity (Wildman–Crippen MR) is 133 cm³/mol. The van der Waals surface area contributed by atoms with Gasteiger partial charge in [-0.05, 0) is 48.7 Å². The minimum absolute atomic E-state index is 0.000150. The number of nitrogens with one attached hydrogen (secondary N) is 3. The number of imidazole rings is 1. The second-order valence-corrected chi connectivity index (χ2v) is 7.91. The molecule has 0 saturated carbocycles. The van der Waals surface area contributed by atoms with Gasteiger partial charge in [0.05, 0.1) is 22.3 Å². The summed E-state index contributed by atoms with van der Waals surface area (Å²) >= 11 is 0. The molecule has 1 heterocycles. The van der Waals surface area contributed by atoms with Gasteiger partial charge in [-0.15, -0.1) is 10.2 Å². The number of carbonyl (C=O) groups excluding carboxylic acids is 2. The number of ketones is 1. The number of aromatic amines is 2. The average molecular weight is 465 g/mol. The quantitative estimate of drug-likeness (QED) is 0.198. The van der Waals surface area contributed by atoms with Crippen molar-refractivity contribution in [1.29, 1.82) is 0 Å². The highest BCUT2D eigenvalue weighted by Crippen LogP contribution is 2.40. The van der Waals surface area contributed by atoms with Gasteiger partial charge in [-0.25, -0.2) is 4.79 Å². The topological polar surface area (TPSA) is 140 Å². The molecule has 0 saturated heterocycles. The van der Waals surface area contributed by atoms with Crippen LogP contribution in [0.1, 0.15) is 27.6 Å². The number of nitrogens with zero attached hydrogens (tertiary/aromatic N) is 2. The molecule has 172 valence electrons. The molecule has 0 aliphatic heterocycles. The third kappa shape index (κ3) is 4.18. The van der Waals surface area contributed by atoms with E-state index in [1.165, 1.54) is 6.92 Å². The Kier molecular flexibility index (Phi) is 5.42. The molecule has 1 amide bonds. The fourth-order valence-corrected chi connectivity index (χ4v) is 3.86. The third-order valence-electron chi connectivity index (χ3n) is 5.55. The average Bonchev–Trinajstić information content (AvgIpc) is 3.22. The number of azo groups is 1. The SMILES string of the molecule is CC(=O)c1ccccc1/N=N/c1c(O)c(C(=O)Nc2ccc3[nH]c(=O)[nH]c3c2)cc2ccccc12. The Labute approximate surface area is 198 Å². The van der Waals surface area contributed by atoms with Crippen LogP contribution in [0, 0.1) is 0 Å². The molecule has 0 aliphatic rings. The fourth-order valence-electron chi connectivity index (χ4n) is 3.86. The van der Waals surface area contributed by atoms with Crippen LogP contribution in [0.2, 0.25) is 0 Å². The maximum Gasteiger partial charge on any atom is 0.323 e. The molecule has 0 fully saturated rings. The Morgan fingerprint density at radius 2 is 1.60 bits per heavy atom. The van der Waals surface area contributed by atoms with Crippen LogP contribution in [-0.2, 0) is 0 Å². The molecule has 9 heteroatoms. The van der Waals surface area contributed by atoms with Crippen LogP contribution in [0.3, 0.4) is 0 Å². The van der Waals surface area contributed by atoms with Crippen LogP contribution < -0.4 is 11.0 Å². The first-order chi connectivity index (χ1) is 16.9. The summed E-state index contributed by atoms with van der Waals surface area (Å²) in [4.78, 5) is 41.8. The van der Waals surface area contributed by atoms with Gasteiger partial charge in [-0.3, -0.25) is 9.59 Å². The Morgan fingerprint density at radius 3 is 2.43 bits per heavy atom. The zero-order chi connectivity index (χ0) is 24.5. The number of Topliss-reactive ketones (excluding diaryl/α,β-unsaturated/α-hetero) is 1. The van der Waals surface area contributed by atoms with E-state index in [4.69, 9.17) is 0 Å². The standard InChI is InChI=1S/C26H19N5O4/c1-14(32)17-7-4-5-9-20(17)30-31-23-18-8-3-2-6-15(18)12-19(24(23)33)25(34)27-16-10-11-21-22(13-16)29-26(35)28-21/h2-13,33H,1H3,(H,27,34)(H2,28,29,35)/b31-30+. The summed E-state index contributed by atoms with van der Waals surface area (Å²) in [6, 6.07) is 20.4. The van der Waals surface area contributed by atoms with Gasteiger partial charge in [0, 0.05) is 16.6 Å². The van der Waals surface area contributed by atoms with Gasteiger partial charge >= 0.3 is 5.69 Å². The van der Waals surface area contributed by atoms with E-state index in [1.54, 1.807) is 66.7 Å². The maximum absolute atomic E-state index is 13.1. The lowest BCUT2D eigenvalue weighted by Gasteiger charge is -2.11. The summed E-state index contributed by atoms with van der Waals surface area (Å²) in [6.07, 6.45) is 0. The largest absolute Gasteiger partial charge is 0.505 e. The minimum Gasteiger partial charge on any atom is -0.505 e. The normalized spacial score (nSPS) is 11.3. The lowest BCUT2D eigenvalue weighted by Crippen LogP contribution is -2.12. The summed E-state index contributed by atoms with van der Waals surface area (Å²) in [5.41, 5.74) is 2.08. The number of H-pyrrole nitrogens is 2. The lowest BCUT2D eigenvalue weighted by molar-refractivity contribution is 0.101. The van der Waals surface area contributed by atoms with Crippen LogP contribution in [0.5, 0.6) is 5.75 Å². The van der Waals surface area contributed by atoms with Gasteiger partial charge in [0.25, 0.3) is 5.91 Å². The highest BCUT2D eigenvalue weighted by molar-refractivity contribution is 6.12. The molecule has 1 aromatic heterocycles. The highest BCUT2D eigenvalue weighted by Gasteiger charge is 2.19. The summed E-state index contributed by atoms with van der Waals surface area (Å²) in [7, 11) is 0. The van der Waals surface area contributed by atoms with Gasteiger partial charge in [-0.2, -0.15) is 0 Å². The van der Waals surface area contributed by atoms with E-state index < -0.39 is 5.91 Å². The number of fused-ring (bicyclic) bond motifs is 2. The predicted octanol–water partition coefficient (Wildman–Crippen LogP) is 5.59. The van der Waals surface area contributed by atoms with Crippen molar-refractivity contribution in [3.63, 3.8) is 0 Å². The smallest absolute Gasteiger partial charge is 0.323 e. The second kappa shape index (κ2) is 8.71. The number of carbonyl (C=O) groups is 2. The van der Waals surface area contributed by atoms with Crippen LogP contribution in [0.25, 0.3) is 21.8 Å². The van der Waals surface area contributed by atoms with E-state index in [-0.39, 0.29) is 28.5 Å². The number of hydrogen-bond donors (Lipinski definition) is 4. The molecular weight excluding hydrogens is 446 g/mol. The van der Waals surface area contributed by atoms with Crippen molar-refractivity contribution in [3.05, 3.63) is 94.4 Å². The van der Waals surface area contributed by atoms with Gasteiger partial charge in [-0.1, -0.05) is 36.4 Å². The molecular formula is C26H19N5O4. The number of anilines is 1. The Balaban J connectivity index is 1.56. The number of benzene rings is 4. The van der Waals surface area contributed by atoms with Crippen molar-refractivity contribution in [1.82, 2.24) is 9.97 Å². The zero-order valence-corrected chi connectivity index (χ0v) is 18.5. The number of aromatic hydroxyl groups is 1. The Bertz CT molecular complexity index is 1710. The summed E-state index contributed by atoms with van der Waals surface area (Å²) in [5.74, 6) is -1.07. The molecule has 0 aliphatic carbocycles. The molecule has 0 unspecified atom stereocenters. The van der Waals surface area contributed by atoms with Crippen LogP contribution >= 0.6 is 0 Å². The molecule has 9 nitrogen and oxygen atoms in total. The minimum atomic E-state index is -0.564. The third-order valence-corrected chi connectivity index (χ3v) is 5.55. The number of hydrogen-bond acceptors (Lipinski definition) is 6. The number of rotatable bonds is 5. The van der Waals surface area contributed by atoms with Crippen LogP contribution in [0.4, 0.5) is 17.1 Å². The van der Waals surface area contributed by atoms with Crippen LogP contribution in [0.15, 0.2) is 87.8 Å². The highest BCUT2D eigenvalue weighted by atomic mass is 16.3.